The number of nitrogens with one attached hydrogen (secondary N) is 1. The van der Waals surface area contributed by atoms with E-state index in [-0.39, 0.29) is 34.0 Å². The first kappa shape index (κ1) is 30.1. The summed E-state index contributed by atoms with van der Waals surface area (Å²) in [5.74, 6) is -3.77. The average Bonchev–Trinajstić information content (AvgIpc) is 3.33. The van der Waals surface area contributed by atoms with Crippen LogP contribution in [0.1, 0.15) is 19.7 Å². The number of rotatable bonds is 9. The molecular weight excluding hydrogens is 600 g/mol. The minimum absolute atomic E-state index is 0.0134. The van der Waals surface area contributed by atoms with E-state index in [1.165, 1.54) is 37.4 Å². The van der Waals surface area contributed by atoms with Crippen LogP contribution in [0, 0.1) is 0 Å². The fourth-order valence-corrected chi connectivity index (χ4v) is 6.59. The molecule has 0 spiro atoms. The molecule has 3 atom stereocenters. The highest BCUT2D eigenvalue weighted by Crippen LogP contribution is 2.41. The first-order chi connectivity index (χ1) is 19.2. The summed E-state index contributed by atoms with van der Waals surface area (Å²) in [7, 11) is 1.73. The predicted octanol–water partition coefficient (Wildman–Crippen LogP) is -1.44. The van der Waals surface area contributed by atoms with Crippen LogP contribution in [-0.4, -0.2) is 106 Å². The second-order valence-electron chi connectivity index (χ2n) is 9.30. The largest absolute Gasteiger partial charge is 0.478 e. The smallest absolute Gasteiger partial charge is 0.352 e. The summed E-state index contributed by atoms with van der Waals surface area (Å²) in [6.45, 7) is 2.44. The number of nitrogens with zero attached hydrogens (tertiary/aromatic N) is 6. The maximum atomic E-state index is 13.2. The Hall–Kier alpha value is -3.88. The number of aliphatic imine (C=N–C) groups is 1. The molecule has 0 radical (unpaired) electrons. The Morgan fingerprint density at radius 2 is 2.02 bits per heavy atom. The van der Waals surface area contributed by atoms with E-state index >= 15 is 0 Å². The molecule has 1 aromatic heterocycles. The number of fused-ring (bicyclic) bond motifs is 1. The van der Waals surface area contributed by atoms with Gasteiger partial charge in [-0.2, -0.15) is 9.36 Å². The van der Waals surface area contributed by atoms with Gasteiger partial charge >= 0.3 is 11.9 Å². The first-order valence-electron chi connectivity index (χ1n) is 11.7. The molecule has 0 aromatic carbocycles. The quantitative estimate of drug-likeness (QED) is 0.104. The van der Waals surface area contributed by atoms with Crippen LogP contribution in [0.25, 0.3) is 0 Å². The van der Waals surface area contributed by atoms with Crippen LogP contribution >= 0.6 is 35.1 Å². The van der Waals surface area contributed by atoms with Crippen molar-refractivity contribution in [3.05, 3.63) is 29.0 Å². The number of anilines is 1. The number of hydrogen-bond acceptors (Lipinski definition) is 16. The summed E-state index contributed by atoms with van der Waals surface area (Å²) in [5, 5.41) is 25.2. The lowest BCUT2D eigenvalue weighted by Gasteiger charge is -2.49. The Bertz CT molecular complexity index is 1420. The van der Waals surface area contributed by atoms with Crippen LogP contribution in [0.5, 0.6) is 0 Å². The van der Waals surface area contributed by atoms with Crippen LogP contribution < -0.4 is 22.5 Å². The molecule has 17 nitrogen and oxygen atoms in total. The minimum atomic E-state index is -1.80. The fourth-order valence-electron chi connectivity index (χ4n) is 3.64. The third kappa shape index (κ3) is 6.09. The van der Waals surface area contributed by atoms with Gasteiger partial charge in [-0.3, -0.25) is 14.5 Å². The molecule has 1 saturated heterocycles. The summed E-state index contributed by atoms with van der Waals surface area (Å²) in [5.41, 5.74) is 15.4. The zero-order chi connectivity index (χ0) is 30.2. The zero-order valence-corrected chi connectivity index (χ0v) is 24.2. The molecule has 20 heteroatoms. The summed E-state index contributed by atoms with van der Waals surface area (Å²) >= 11 is 3.26. The van der Waals surface area contributed by atoms with Gasteiger partial charge in [0.2, 0.25) is 17.1 Å². The van der Waals surface area contributed by atoms with Crippen molar-refractivity contribution in [1.82, 2.24) is 24.5 Å². The van der Waals surface area contributed by atoms with E-state index in [0.29, 0.717) is 10.7 Å². The number of oxime groups is 1. The molecule has 4 heterocycles. The third-order valence-electron chi connectivity index (χ3n) is 5.98. The molecule has 41 heavy (non-hydrogen) atoms. The van der Waals surface area contributed by atoms with Gasteiger partial charge < -0.3 is 42.5 Å². The fraction of sp³-hybridized carbons (Fsp3) is 0.429. The minimum Gasteiger partial charge on any atom is -0.478 e. The molecule has 0 saturated carbocycles. The molecule has 2 unspecified atom stereocenters. The number of amidine groups is 1. The van der Waals surface area contributed by atoms with Crippen LogP contribution in [0.3, 0.4) is 0 Å². The van der Waals surface area contributed by atoms with Crippen LogP contribution in [0.2, 0.25) is 0 Å². The van der Waals surface area contributed by atoms with E-state index in [1.807, 2.05) is 0 Å². The van der Waals surface area contributed by atoms with E-state index in [1.54, 1.807) is 18.0 Å². The van der Waals surface area contributed by atoms with Gasteiger partial charge in [-0.25, -0.2) is 14.6 Å². The van der Waals surface area contributed by atoms with E-state index in [0.717, 1.165) is 16.4 Å². The average molecular weight is 627 g/mol. The second-order valence-corrected chi connectivity index (χ2v) is 12.1. The third-order valence-corrected chi connectivity index (χ3v) is 8.99. The molecule has 0 bridgehead atoms. The summed E-state index contributed by atoms with van der Waals surface area (Å²) in [6, 6.07) is -1.11. The highest BCUT2D eigenvalue weighted by molar-refractivity contribution is 8.14. The van der Waals surface area contributed by atoms with Gasteiger partial charge in [-0.1, -0.05) is 16.9 Å². The maximum absolute atomic E-state index is 13.2. The van der Waals surface area contributed by atoms with E-state index in [9.17, 15) is 29.4 Å². The van der Waals surface area contributed by atoms with Gasteiger partial charge in [0.05, 0.1) is 0 Å². The van der Waals surface area contributed by atoms with E-state index in [2.05, 4.69) is 24.8 Å². The van der Waals surface area contributed by atoms with Gasteiger partial charge in [-0.05, 0) is 25.5 Å². The maximum Gasteiger partial charge on any atom is 0.352 e. The SMILES string of the molecule is CN1C(SCC2=C(C(=O)O)N3C(=O)C(NC(=O)/C(=N\OC(C)(C)C(=O)O)c4nsc(N)n4)[C@@H]3SC2)=NC(N)=CC1N. The number of thioether (sulfide) groups is 2. The Balaban J connectivity index is 1.51. The van der Waals surface area contributed by atoms with Crippen LogP contribution in [0.15, 0.2) is 33.3 Å². The number of carbonyl (C=O) groups is 4. The Morgan fingerprint density at radius 3 is 2.63 bits per heavy atom. The van der Waals surface area contributed by atoms with Gasteiger partial charge in [0.1, 0.15) is 29.1 Å². The number of aromatic nitrogens is 2. The Kier molecular flexibility index (Phi) is 8.47. The normalized spacial score (nSPS) is 22.9. The van der Waals surface area contributed by atoms with Crippen LogP contribution in [0.4, 0.5) is 5.13 Å². The zero-order valence-electron chi connectivity index (χ0n) is 21.8. The number of hydrogen-bond donors (Lipinski definition) is 6. The lowest BCUT2D eigenvalue weighted by atomic mass is 10.0. The van der Waals surface area contributed by atoms with Crippen molar-refractivity contribution < 1.29 is 34.2 Å². The summed E-state index contributed by atoms with van der Waals surface area (Å²) in [6.07, 6.45) is 1.09. The number of aliphatic carboxylic acids is 2. The topological polar surface area (TPSA) is 265 Å². The molecule has 0 aliphatic carbocycles. The summed E-state index contributed by atoms with van der Waals surface area (Å²) < 4.78 is 3.92. The van der Waals surface area contributed by atoms with Crippen molar-refractivity contribution in [1.29, 1.82) is 0 Å². The molecule has 3 aliphatic rings. The highest BCUT2D eigenvalue weighted by Gasteiger charge is 2.54. The number of likely N-dealkylation sites (N-methyl/N-ethyl adjacent to an activating group) is 1. The van der Waals surface area contributed by atoms with E-state index < -0.39 is 52.6 Å². The van der Waals surface area contributed by atoms with Crippen molar-refractivity contribution in [3.63, 3.8) is 0 Å². The van der Waals surface area contributed by atoms with Crippen molar-refractivity contribution in [2.45, 2.75) is 37.0 Å². The molecule has 9 N–H and O–H groups in total. The number of nitrogens with two attached hydrogens (primary N) is 3. The molecule has 1 fully saturated rings. The first-order valence-corrected chi connectivity index (χ1v) is 14.5. The van der Waals surface area contributed by atoms with Gasteiger partial charge in [0.15, 0.2) is 10.3 Å². The Labute approximate surface area is 245 Å². The molecule has 220 valence electrons. The lowest BCUT2D eigenvalue weighted by molar-refractivity contribution is -0.161. The van der Waals surface area contributed by atoms with Crippen molar-refractivity contribution >= 4 is 74.8 Å². The Morgan fingerprint density at radius 1 is 1.32 bits per heavy atom. The van der Waals surface area contributed by atoms with Crippen molar-refractivity contribution in [2.75, 3.05) is 24.3 Å². The number of nitrogen functional groups attached to an aromatic ring is 1. The summed E-state index contributed by atoms with van der Waals surface area (Å²) in [4.78, 5) is 65.9. The number of amides is 2. The molecule has 3 aliphatic heterocycles. The standard InChI is InChI=1S/C21H26N10O7S3/c1-21(2,18(36)37)38-28-10(13-27-19(24)41-29-13)14(32)26-11-15(33)31-12(17(34)35)7(5-39-16(11)31)6-40-20-25-8(22)4-9(23)30(20)3/h4,9,11,16H,5-6,22-23H2,1-3H3,(H,26,32)(H,34,35)(H,36,37)(H2,24,27,29)/b28-10-/t9?,11?,16-/m0/s1. The monoisotopic (exact) mass is 626 g/mol. The van der Waals surface area contributed by atoms with E-state index in [4.69, 9.17) is 22.0 Å². The van der Waals surface area contributed by atoms with Crippen molar-refractivity contribution in [2.24, 2.45) is 21.6 Å². The lowest BCUT2D eigenvalue weighted by Crippen LogP contribution is -2.71. The van der Waals surface area contributed by atoms with Gasteiger partial charge in [-0.15, -0.1) is 11.8 Å². The second kappa shape index (κ2) is 11.5. The van der Waals surface area contributed by atoms with Gasteiger partial charge in [0, 0.05) is 30.1 Å². The van der Waals surface area contributed by atoms with Gasteiger partial charge in [0.25, 0.3) is 11.8 Å². The number of β-lactam (4-membered cyclic amide) rings is 1. The number of carboxylic acids is 2. The molecule has 4 rings (SSSR count). The van der Waals surface area contributed by atoms with Crippen molar-refractivity contribution in [3.8, 4) is 0 Å². The number of carbonyl (C=O) groups excluding carboxylic acids is 2. The molecule has 2 amide bonds. The molecule has 1 aromatic rings. The predicted molar refractivity (Wildman–Crippen MR) is 151 cm³/mol. The highest BCUT2D eigenvalue weighted by atomic mass is 32.2. The molecular formula is C21H26N10O7S3. The van der Waals surface area contributed by atoms with Crippen LogP contribution in [-0.2, 0) is 24.0 Å². The number of carboxylic acid groups (broad SMARTS) is 2.